The van der Waals surface area contributed by atoms with Gasteiger partial charge < -0.3 is 0 Å². The molecule has 0 amide bonds. The van der Waals surface area contributed by atoms with Crippen LogP contribution in [-0.4, -0.2) is 51.0 Å². The van der Waals surface area contributed by atoms with Gasteiger partial charge in [-0.2, -0.15) is 4.31 Å². The molecule has 0 spiro atoms. The molecule has 2 aromatic heterocycles. The van der Waals surface area contributed by atoms with Crippen molar-refractivity contribution in [2.75, 3.05) is 13.1 Å². The van der Waals surface area contributed by atoms with Crippen LogP contribution in [0.1, 0.15) is 38.4 Å². The highest BCUT2D eigenvalue weighted by Gasteiger charge is 2.27. The fraction of sp³-hybridized carbons (Fsp3) is 0.600. The van der Waals surface area contributed by atoms with E-state index in [1.165, 1.54) is 22.3 Å². The number of aromatic nitrogens is 5. The lowest BCUT2D eigenvalue weighted by molar-refractivity contribution is 0.477. The quantitative estimate of drug-likeness (QED) is 0.644. The molecule has 3 heterocycles. The van der Waals surface area contributed by atoms with Gasteiger partial charge in [-0.05, 0) is 41.8 Å². The lowest BCUT2D eigenvalue weighted by Crippen LogP contribution is -2.27. The summed E-state index contributed by atoms with van der Waals surface area (Å²) in [6.07, 6.45) is 5.40. The van der Waals surface area contributed by atoms with E-state index in [2.05, 4.69) is 27.4 Å². The zero-order chi connectivity index (χ0) is 17.7. The van der Waals surface area contributed by atoms with Crippen molar-refractivity contribution in [3.05, 3.63) is 24.2 Å². The zero-order valence-electron chi connectivity index (χ0n) is 14.2. The molecule has 0 unspecified atom stereocenters. The molecule has 0 N–H and O–H groups in total. The van der Waals surface area contributed by atoms with Gasteiger partial charge in [-0.1, -0.05) is 25.1 Å². The molecule has 0 saturated carbocycles. The van der Waals surface area contributed by atoms with E-state index in [0.29, 0.717) is 18.8 Å². The highest BCUT2D eigenvalue weighted by Crippen LogP contribution is 2.24. The molecule has 1 aliphatic heterocycles. The Labute approximate surface area is 152 Å². The highest BCUT2D eigenvalue weighted by atomic mass is 32.2. The van der Waals surface area contributed by atoms with Crippen molar-refractivity contribution in [1.29, 1.82) is 0 Å². The summed E-state index contributed by atoms with van der Waals surface area (Å²) >= 11 is 1.49. The first-order valence-corrected chi connectivity index (χ1v) is 10.9. The van der Waals surface area contributed by atoms with Gasteiger partial charge in [0.1, 0.15) is 4.90 Å². The molecule has 25 heavy (non-hydrogen) atoms. The standard InChI is InChI=1S/C15H22N6O2S2/c1-2-3-10-21-14(17-18-19-21)12-24-15-7-6-13(11-16-15)25(22,23)20-8-4-5-9-20/h6-7,11H,2-5,8-10,12H2,1H3. The summed E-state index contributed by atoms with van der Waals surface area (Å²) in [6, 6.07) is 3.37. The molecular weight excluding hydrogens is 360 g/mol. The summed E-state index contributed by atoms with van der Waals surface area (Å²) in [5.41, 5.74) is 0. The second-order valence-electron chi connectivity index (χ2n) is 5.90. The summed E-state index contributed by atoms with van der Waals surface area (Å²) in [5, 5.41) is 12.5. The van der Waals surface area contributed by atoms with Crippen molar-refractivity contribution in [3.8, 4) is 0 Å². The number of nitrogens with zero attached hydrogens (tertiary/aromatic N) is 6. The highest BCUT2D eigenvalue weighted by molar-refractivity contribution is 7.98. The molecule has 136 valence electrons. The summed E-state index contributed by atoms with van der Waals surface area (Å²) < 4.78 is 28.3. The fourth-order valence-electron chi connectivity index (χ4n) is 2.63. The average Bonchev–Trinajstić information content (AvgIpc) is 3.30. The minimum Gasteiger partial charge on any atom is -0.249 e. The summed E-state index contributed by atoms with van der Waals surface area (Å²) in [6.45, 7) is 4.12. The summed E-state index contributed by atoms with van der Waals surface area (Å²) in [4.78, 5) is 4.54. The van der Waals surface area contributed by atoms with Crippen molar-refractivity contribution in [2.24, 2.45) is 0 Å². The number of hydrogen-bond donors (Lipinski definition) is 0. The second-order valence-corrected chi connectivity index (χ2v) is 8.84. The van der Waals surface area contributed by atoms with Crippen LogP contribution in [0.25, 0.3) is 0 Å². The Morgan fingerprint density at radius 2 is 2.04 bits per heavy atom. The third-order valence-electron chi connectivity index (χ3n) is 4.09. The van der Waals surface area contributed by atoms with Crippen LogP contribution >= 0.6 is 11.8 Å². The van der Waals surface area contributed by atoms with E-state index in [1.807, 2.05) is 4.68 Å². The maximum atomic E-state index is 12.5. The van der Waals surface area contributed by atoms with Crippen molar-refractivity contribution < 1.29 is 8.42 Å². The maximum Gasteiger partial charge on any atom is 0.244 e. The first-order valence-electron chi connectivity index (χ1n) is 8.45. The number of hydrogen-bond acceptors (Lipinski definition) is 7. The largest absolute Gasteiger partial charge is 0.249 e. The minimum atomic E-state index is -3.41. The van der Waals surface area contributed by atoms with Gasteiger partial charge in [0, 0.05) is 25.8 Å². The third kappa shape index (κ3) is 4.36. The Morgan fingerprint density at radius 3 is 2.72 bits per heavy atom. The second kappa shape index (κ2) is 8.24. The van der Waals surface area contributed by atoms with E-state index in [9.17, 15) is 8.42 Å². The van der Waals surface area contributed by atoms with E-state index in [1.54, 1.807) is 12.1 Å². The molecular formula is C15H22N6O2S2. The number of pyridine rings is 1. The molecule has 1 fully saturated rings. The van der Waals surface area contributed by atoms with Crippen LogP contribution in [0.2, 0.25) is 0 Å². The van der Waals surface area contributed by atoms with Gasteiger partial charge in [0.15, 0.2) is 5.82 Å². The maximum absolute atomic E-state index is 12.5. The predicted molar refractivity (Wildman–Crippen MR) is 94.5 cm³/mol. The van der Waals surface area contributed by atoms with Gasteiger partial charge in [0.2, 0.25) is 10.0 Å². The Hall–Kier alpha value is -1.52. The van der Waals surface area contributed by atoms with Crippen LogP contribution in [0.3, 0.4) is 0 Å². The summed E-state index contributed by atoms with van der Waals surface area (Å²) in [7, 11) is -3.41. The Kier molecular flexibility index (Phi) is 6.02. The van der Waals surface area contributed by atoms with E-state index in [4.69, 9.17) is 0 Å². The van der Waals surface area contributed by atoms with Gasteiger partial charge in [-0.25, -0.2) is 18.1 Å². The molecule has 1 saturated heterocycles. The first-order chi connectivity index (χ1) is 12.1. The zero-order valence-corrected chi connectivity index (χ0v) is 15.8. The van der Waals surface area contributed by atoms with Crippen LogP contribution in [0.4, 0.5) is 0 Å². The SMILES string of the molecule is CCCCn1nnnc1CSc1ccc(S(=O)(=O)N2CCCC2)cn1. The lowest BCUT2D eigenvalue weighted by atomic mass is 10.3. The molecule has 1 aliphatic rings. The molecule has 0 bridgehead atoms. The van der Waals surface area contributed by atoms with Crippen molar-refractivity contribution in [3.63, 3.8) is 0 Å². The van der Waals surface area contributed by atoms with Gasteiger partial charge in [0.05, 0.1) is 10.8 Å². The number of rotatable bonds is 8. The van der Waals surface area contributed by atoms with Crippen molar-refractivity contribution in [2.45, 2.75) is 54.8 Å². The van der Waals surface area contributed by atoms with E-state index in [0.717, 1.165) is 43.1 Å². The van der Waals surface area contributed by atoms with Crippen LogP contribution in [0.5, 0.6) is 0 Å². The fourth-order valence-corrected chi connectivity index (χ4v) is 4.87. The van der Waals surface area contributed by atoms with Crippen LogP contribution in [0, 0.1) is 0 Å². The third-order valence-corrected chi connectivity index (χ3v) is 6.91. The number of tetrazole rings is 1. The van der Waals surface area contributed by atoms with Crippen molar-refractivity contribution >= 4 is 21.8 Å². The number of unbranched alkanes of at least 4 members (excludes halogenated alkanes) is 1. The smallest absolute Gasteiger partial charge is 0.244 e. The molecule has 0 radical (unpaired) electrons. The summed E-state index contributed by atoms with van der Waals surface area (Å²) in [5.74, 6) is 1.40. The van der Waals surface area contributed by atoms with Crippen LogP contribution in [0.15, 0.2) is 28.3 Å². The molecule has 2 aromatic rings. The van der Waals surface area contributed by atoms with E-state index >= 15 is 0 Å². The average molecular weight is 383 g/mol. The Balaban J connectivity index is 1.62. The van der Waals surface area contributed by atoms with Gasteiger partial charge in [0.25, 0.3) is 0 Å². The molecule has 0 aliphatic carbocycles. The van der Waals surface area contributed by atoms with E-state index in [-0.39, 0.29) is 4.90 Å². The van der Waals surface area contributed by atoms with Gasteiger partial charge >= 0.3 is 0 Å². The molecule has 0 aromatic carbocycles. The van der Waals surface area contributed by atoms with E-state index < -0.39 is 10.0 Å². The predicted octanol–water partition coefficient (Wildman–Crippen LogP) is 1.95. The molecule has 10 heteroatoms. The molecule has 8 nitrogen and oxygen atoms in total. The van der Waals surface area contributed by atoms with Crippen molar-refractivity contribution in [1.82, 2.24) is 29.5 Å². The number of aryl methyl sites for hydroxylation is 1. The number of sulfonamides is 1. The topological polar surface area (TPSA) is 93.9 Å². The molecule has 0 atom stereocenters. The van der Waals surface area contributed by atoms with Gasteiger partial charge in [-0.15, -0.1) is 5.10 Å². The Bertz CT molecular complexity index is 785. The monoisotopic (exact) mass is 382 g/mol. The van der Waals surface area contributed by atoms with Gasteiger partial charge in [-0.3, -0.25) is 0 Å². The van der Waals surface area contributed by atoms with Crippen LogP contribution in [-0.2, 0) is 22.3 Å². The lowest BCUT2D eigenvalue weighted by Gasteiger charge is -2.15. The normalized spacial score (nSPS) is 15.7. The minimum absolute atomic E-state index is 0.256. The van der Waals surface area contributed by atoms with Crippen LogP contribution < -0.4 is 0 Å². The molecule has 3 rings (SSSR count). The Morgan fingerprint density at radius 1 is 1.24 bits per heavy atom. The first kappa shape index (κ1) is 18.3. The number of thioether (sulfide) groups is 1.